The van der Waals surface area contributed by atoms with Crippen LogP contribution in [0, 0.1) is 17.7 Å². The molecule has 1 aromatic rings. The number of amides is 1. The first-order valence-corrected chi connectivity index (χ1v) is 8.17. The van der Waals surface area contributed by atoms with E-state index in [1.807, 2.05) is 6.92 Å². The van der Waals surface area contributed by atoms with Crippen LogP contribution in [0.3, 0.4) is 0 Å². The molecule has 3 heterocycles. The van der Waals surface area contributed by atoms with E-state index in [1.54, 1.807) is 18.2 Å². The molecule has 2 fully saturated rings. The molecule has 0 saturated carbocycles. The minimum atomic E-state index is -1.32. The van der Waals surface area contributed by atoms with Crippen molar-refractivity contribution in [1.29, 1.82) is 0 Å². The topological polar surface area (TPSA) is 69.7 Å². The first-order valence-electron chi connectivity index (χ1n) is 8.17. The lowest BCUT2D eigenvalue weighted by molar-refractivity contribution is -0.313. The summed E-state index contributed by atoms with van der Waals surface area (Å²) in [5.74, 6) is -4.29. The highest BCUT2D eigenvalue weighted by Gasteiger charge is 2.70. The van der Waals surface area contributed by atoms with E-state index in [2.05, 4.69) is 6.58 Å². The van der Waals surface area contributed by atoms with Crippen molar-refractivity contribution < 1.29 is 23.8 Å². The summed E-state index contributed by atoms with van der Waals surface area (Å²) >= 11 is 0. The van der Waals surface area contributed by atoms with Crippen LogP contribution in [0.5, 0.6) is 0 Å². The summed E-state index contributed by atoms with van der Waals surface area (Å²) < 4.78 is 20.4. The summed E-state index contributed by atoms with van der Waals surface area (Å²) in [6.07, 6.45) is 3.12. The Bertz CT molecular complexity index is 819. The van der Waals surface area contributed by atoms with Gasteiger partial charge >= 0.3 is 0 Å². The second-order valence-corrected chi connectivity index (χ2v) is 6.95. The molecule has 1 spiro atoms. The number of carbonyl (C=O) groups is 2. The van der Waals surface area contributed by atoms with E-state index in [0.717, 1.165) is 5.57 Å². The maximum atomic E-state index is 14.4. The van der Waals surface area contributed by atoms with Crippen molar-refractivity contribution >= 4 is 17.6 Å². The van der Waals surface area contributed by atoms with Crippen LogP contribution in [-0.2, 0) is 14.3 Å². The Labute approximate surface area is 144 Å². The van der Waals surface area contributed by atoms with Crippen LogP contribution in [0.1, 0.15) is 13.3 Å². The second-order valence-electron chi connectivity index (χ2n) is 6.95. The third kappa shape index (κ3) is 2.03. The normalized spacial score (nSPS) is 35.3. The Morgan fingerprint density at radius 2 is 2.16 bits per heavy atom. The Kier molecular flexibility index (Phi) is 3.37. The average Bonchev–Trinajstić information content (AvgIpc) is 3.18. The Hall–Kier alpha value is -2.47. The lowest BCUT2D eigenvalue weighted by Gasteiger charge is -2.33. The molecule has 6 heteroatoms. The molecule has 5 atom stereocenters. The molecule has 25 heavy (non-hydrogen) atoms. The molecule has 1 aromatic carbocycles. The van der Waals surface area contributed by atoms with E-state index < -0.39 is 47.3 Å². The number of carbonyl (C=O) groups excluding carboxylic acids is 2. The van der Waals surface area contributed by atoms with Crippen LogP contribution in [0.4, 0.5) is 10.1 Å². The van der Waals surface area contributed by atoms with Gasteiger partial charge in [-0.1, -0.05) is 29.9 Å². The van der Waals surface area contributed by atoms with Crippen LogP contribution in [0.25, 0.3) is 0 Å². The number of hydrogen-bond donors (Lipinski definition) is 0. The van der Waals surface area contributed by atoms with Gasteiger partial charge in [-0.2, -0.15) is 0 Å². The summed E-state index contributed by atoms with van der Waals surface area (Å²) in [6, 6.07) is 5.42. The maximum Gasteiger partial charge on any atom is 0.234 e. The van der Waals surface area contributed by atoms with Crippen LogP contribution in [-0.4, -0.2) is 29.6 Å². The second kappa shape index (κ2) is 5.26. The van der Waals surface area contributed by atoms with Gasteiger partial charge in [0.15, 0.2) is 0 Å². The van der Waals surface area contributed by atoms with E-state index in [1.165, 1.54) is 23.1 Å². The number of halogens is 1. The molecule has 0 aliphatic carbocycles. The van der Waals surface area contributed by atoms with Gasteiger partial charge in [0.2, 0.25) is 5.91 Å². The Morgan fingerprint density at radius 3 is 2.80 bits per heavy atom. The quantitative estimate of drug-likeness (QED) is 0.771. The molecule has 0 N–H and O–H groups in total. The van der Waals surface area contributed by atoms with Crippen LogP contribution in [0.15, 0.2) is 48.6 Å². The maximum absolute atomic E-state index is 14.4. The highest BCUT2D eigenvalue weighted by Crippen LogP contribution is 2.56. The third-order valence-electron chi connectivity index (χ3n) is 5.35. The molecule has 0 radical (unpaired) electrons. The average molecular weight is 342 g/mol. The number of anilines is 1. The lowest BCUT2D eigenvalue weighted by atomic mass is 9.74. The number of carboxylic acid groups (broad SMARTS) is 1. The fourth-order valence-electron chi connectivity index (χ4n) is 4.43. The summed E-state index contributed by atoms with van der Waals surface area (Å²) in [7, 11) is 0. The number of fused-ring (bicyclic) bond motifs is 1. The predicted molar refractivity (Wildman–Crippen MR) is 85.8 cm³/mol. The molecular weight excluding hydrogens is 325 g/mol. The largest absolute Gasteiger partial charge is 0.550 e. The number of nitrogens with zero attached hydrogens (tertiary/aromatic N) is 1. The predicted octanol–water partition coefficient (Wildman–Crippen LogP) is 1.20. The van der Waals surface area contributed by atoms with Gasteiger partial charge in [-0.15, -0.1) is 6.58 Å². The monoisotopic (exact) mass is 342 g/mol. The minimum absolute atomic E-state index is 0.125. The van der Waals surface area contributed by atoms with Crippen LogP contribution < -0.4 is 10.0 Å². The molecule has 5 nitrogen and oxygen atoms in total. The van der Waals surface area contributed by atoms with Crippen molar-refractivity contribution in [2.75, 3.05) is 4.90 Å². The standard InChI is InChI=1S/C19H18FNO4/c1-10(2)9-14-19-8-7-13(25-19)15(18(23)24)16(19)17(22)21(14)12-6-4-3-5-11(12)20/h3-8,13-16H,1,9H2,2H3,(H,23,24)/p-1/t13-,14-,15-,16+,19+/m0/s1. The highest BCUT2D eigenvalue weighted by molar-refractivity contribution is 6.03. The minimum Gasteiger partial charge on any atom is -0.550 e. The first kappa shape index (κ1) is 16.0. The zero-order chi connectivity index (χ0) is 17.9. The summed E-state index contributed by atoms with van der Waals surface area (Å²) in [4.78, 5) is 26.1. The summed E-state index contributed by atoms with van der Waals surface area (Å²) in [6.45, 7) is 5.72. The van der Waals surface area contributed by atoms with Crippen molar-refractivity contribution in [3.8, 4) is 0 Å². The van der Waals surface area contributed by atoms with E-state index in [9.17, 15) is 19.1 Å². The molecule has 2 saturated heterocycles. The van der Waals surface area contributed by atoms with Crippen molar-refractivity contribution in [3.63, 3.8) is 0 Å². The molecular formula is C19H17FNO4-. The van der Waals surface area contributed by atoms with Gasteiger partial charge in [0, 0.05) is 11.9 Å². The summed E-state index contributed by atoms with van der Waals surface area (Å²) in [5.41, 5.74) is -0.167. The van der Waals surface area contributed by atoms with Gasteiger partial charge in [0.25, 0.3) is 0 Å². The van der Waals surface area contributed by atoms with Crippen LogP contribution in [0.2, 0.25) is 0 Å². The lowest BCUT2D eigenvalue weighted by Crippen LogP contribution is -2.46. The fourth-order valence-corrected chi connectivity index (χ4v) is 4.43. The molecule has 0 aromatic heterocycles. The van der Waals surface area contributed by atoms with E-state index in [0.29, 0.717) is 6.42 Å². The van der Waals surface area contributed by atoms with Crippen molar-refractivity contribution in [3.05, 3.63) is 54.4 Å². The number of carboxylic acids is 1. The Balaban J connectivity index is 1.87. The highest BCUT2D eigenvalue weighted by atomic mass is 19.1. The van der Waals surface area contributed by atoms with E-state index in [4.69, 9.17) is 4.74 Å². The van der Waals surface area contributed by atoms with Gasteiger partial charge in [-0.3, -0.25) is 4.79 Å². The zero-order valence-electron chi connectivity index (χ0n) is 13.6. The smallest absolute Gasteiger partial charge is 0.234 e. The number of benzene rings is 1. The molecule has 1 amide bonds. The van der Waals surface area contributed by atoms with E-state index in [-0.39, 0.29) is 5.69 Å². The first-order chi connectivity index (χ1) is 11.9. The van der Waals surface area contributed by atoms with Crippen molar-refractivity contribution in [2.24, 2.45) is 11.8 Å². The zero-order valence-corrected chi connectivity index (χ0v) is 13.6. The molecule has 4 rings (SSSR count). The van der Waals surface area contributed by atoms with Gasteiger partial charge in [0.05, 0.1) is 23.8 Å². The third-order valence-corrected chi connectivity index (χ3v) is 5.35. The number of ether oxygens (including phenoxy) is 1. The van der Waals surface area contributed by atoms with Gasteiger partial charge in [-0.05, 0) is 25.5 Å². The number of aliphatic carboxylic acids is 1. The number of rotatable bonds is 4. The molecule has 3 aliphatic rings. The van der Waals surface area contributed by atoms with Crippen molar-refractivity contribution in [2.45, 2.75) is 31.1 Å². The molecule has 2 bridgehead atoms. The van der Waals surface area contributed by atoms with Crippen molar-refractivity contribution in [1.82, 2.24) is 0 Å². The fraction of sp³-hybridized carbons (Fsp3) is 0.368. The van der Waals surface area contributed by atoms with Gasteiger partial charge in [0.1, 0.15) is 11.4 Å². The number of para-hydroxylation sites is 1. The Morgan fingerprint density at radius 1 is 1.44 bits per heavy atom. The van der Waals surface area contributed by atoms with E-state index >= 15 is 0 Å². The molecule has 0 unspecified atom stereocenters. The number of hydrogen-bond acceptors (Lipinski definition) is 4. The molecule has 130 valence electrons. The molecule has 3 aliphatic heterocycles. The SMILES string of the molecule is C=C(C)C[C@@H]1N(c2ccccc2F)C(=O)[C@H]2[C@@H](C(=O)[O-])[C@@H]3C=C[C@@]12O3. The van der Waals surface area contributed by atoms with Gasteiger partial charge < -0.3 is 19.5 Å². The summed E-state index contributed by atoms with van der Waals surface area (Å²) in [5, 5.41) is 11.6. The van der Waals surface area contributed by atoms with Gasteiger partial charge in [-0.25, -0.2) is 4.39 Å². The van der Waals surface area contributed by atoms with Crippen LogP contribution >= 0.6 is 0 Å².